The molecule has 0 amide bonds. The molecule has 128 valence electrons. The fraction of sp³-hybridized carbons (Fsp3) is 0.222. The molecule has 0 saturated heterocycles. The quantitative estimate of drug-likeness (QED) is 0.735. The van der Waals surface area contributed by atoms with E-state index in [9.17, 15) is 14.4 Å². The Morgan fingerprint density at radius 3 is 2.68 bits per heavy atom. The standard InChI is InChI=1S/C18H16N2O5/c1-9-8-14(21)24-10(2)15(9)18(23)25-11(3)16-19-13-7-5-4-6-12(13)17(22)20-16/h4-8,11H,1-3H3,(H,19,20,22)/t11-/m0/s1. The first-order valence-electron chi connectivity index (χ1n) is 7.68. The number of carbonyl (C=O) groups excluding carboxylic acids is 1. The van der Waals surface area contributed by atoms with Crippen LogP contribution in [0.1, 0.15) is 40.5 Å². The van der Waals surface area contributed by atoms with Gasteiger partial charge in [0.25, 0.3) is 5.56 Å². The van der Waals surface area contributed by atoms with E-state index in [1.807, 2.05) is 0 Å². The van der Waals surface area contributed by atoms with Crippen molar-refractivity contribution in [2.24, 2.45) is 0 Å². The van der Waals surface area contributed by atoms with E-state index in [0.717, 1.165) is 0 Å². The van der Waals surface area contributed by atoms with Gasteiger partial charge in [-0.15, -0.1) is 0 Å². The average molecular weight is 340 g/mol. The van der Waals surface area contributed by atoms with Crippen molar-refractivity contribution in [2.75, 3.05) is 0 Å². The summed E-state index contributed by atoms with van der Waals surface area (Å²) in [5, 5.41) is 0.460. The molecule has 3 aromatic rings. The summed E-state index contributed by atoms with van der Waals surface area (Å²) in [6, 6.07) is 8.12. The second-order valence-corrected chi connectivity index (χ2v) is 5.70. The zero-order valence-electron chi connectivity index (χ0n) is 14.0. The third-order valence-electron chi connectivity index (χ3n) is 3.84. The Morgan fingerprint density at radius 1 is 1.24 bits per heavy atom. The Labute approximate surface area is 142 Å². The minimum absolute atomic E-state index is 0.183. The van der Waals surface area contributed by atoms with Gasteiger partial charge in [-0.2, -0.15) is 0 Å². The van der Waals surface area contributed by atoms with Crippen LogP contribution in [0.2, 0.25) is 0 Å². The van der Waals surface area contributed by atoms with Crippen LogP contribution in [0.3, 0.4) is 0 Å². The maximum atomic E-state index is 12.4. The number of aromatic amines is 1. The van der Waals surface area contributed by atoms with E-state index in [1.165, 1.54) is 13.0 Å². The Hall–Kier alpha value is -3.22. The molecule has 1 aromatic carbocycles. The number of nitrogens with one attached hydrogen (secondary N) is 1. The molecule has 2 heterocycles. The number of hydrogen-bond donors (Lipinski definition) is 1. The highest BCUT2D eigenvalue weighted by molar-refractivity contribution is 5.92. The van der Waals surface area contributed by atoms with Crippen LogP contribution < -0.4 is 11.2 Å². The minimum atomic E-state index is -0.782. The Kier molecular flexibility index (Phi) is 4.22. The lowest BCUT2D eigenvalue weighted by atomic mass is 10.1. The number of hydrogen-bond acceptors (Lipinski definition) is 6. The van der Waals surface area contributed by atoms with Gasteiger partial charge in [0.2, 0.25) is 0 Å². The molecule has 0 aliphatic rings. The number of esters is 1. The van der Waals surface area contributed by atoms with Crippen LogP contribution in [-0.2, 0) is 4.74 Å². The molecule has 0 aliphatic carbocycles. The van der Waals surface area contributed by atoms with Crippen LogP contribution in [0, 0.1) is 13.8 Å². The molecular formula is C18H16N2O5. The van der Waals surface area contributed by atoms with Crippen molar-refractivity contribution < 1.29 is 13.9 Å². The first-order chi connectivity index (χ1) is 11.9. The maximum absolute atomic E-state index is 12.4. The van der Waals surface area contributed by atoms with Crippen molar-refractivity contribution in [3.8, 4) is 0 Å². The lowest BCUT2D eigenvalue weighted by Gasteiger charge is -2.14. The first kappa shape index (κ1) is 16.6. The van der Waals surface area contributed by atoms with Crippen LogP contribution >= 0.6 is 0 Å². The molecular weight excluding hydrogens is 324 g/mol. The molecule has 0 aliphatic heterocycles. The number of H-pyrrole nitrogens is 1. The number of ether oxygens (including phenoxy) is 1. The molecule has 1 N–H and O–H groups in total. The molecule has 3 rings (SSSR count). The summed E-state index contributed by atoms with van der Waals surface area (Å²) in [5.74, 6) is -0.228. The molecule has 7 heteroatoms. The van der Waals surface area contributed by atoms with Gasteiger partial charge in [0.1, 0.15) is 11.3 Å². The molecule has 1 atom stereocenters. The minimum Gasteiger partial charge on any atom is -0.451 e. The van der Waals surface area contributed by atoms with E-state index < -0.39 is 17.7 Å². The third kappa shape index (κ3) is 3.21. The van der Waals surface area contributed by atoms with E-state index in [2.05, 4.69) is 9.97 Å². The molecule has 2 aromatic heterocycles. The Balaban J connectivity index is 1.92. The number of nitrogens with zero attached hydrogens (tertiary/aromatic N) is 1. The van der Waals surface area contributed by atoms with Gasteiger partial charge in [0.05, 0.1) is 10.9 Å². The van der Waals surface area contributed by atoms with Crippen molar-refractivity contribution in [3.05, 3.63) is 73.8 Å². The van der Waals surface area contributed by atoms with E-state index in [0.29, 0.717) is 16.5 Å². The van der Waals surface area contributed by atoms with E-state index in [4.69, 9.17) is 9.15 Å². The van der Waals surface area contributed by atoms with Crippen molar-refractivity contribution in [3.63, 3.8) is 0 Å². The highest BCUT2D eigenvalue weighted by Crippen LogP contribution is 2.19. The molecule has 7 nitrogen and oxygen atoms in total. The van der Waals surface area contributed by atoms with Gasteiger partial charge in [0.15, 0.2) is 11.9 Å². The van der Waals surface area contributed by atoms with E-state index in [1.54, 1.807) is 38.1 Å². The lowest BCUT2D eigenvalue weighted by molar-refractivity contribution is 0.0314. The topological polar surface area (TPSA) is 102 Å². The Morgan fingerprint density at radius 2 is 1.96 bits per heavy atom. The Bertz CT molecular complexity index is 1050. The maximum Gasteiger partial charge on any atom is 0.342 e. The zero-order valence-corrected chi connectivity index (χ0v) is 14.0. The van der Waals surface area contributed by atoms with Crippen LogP contribution in [-0.4, -0.2) is 15.9 Å². The second kappa shape index (κ2) is 6.35. The molecule has 0 unspecified atom stereocenters. The predicted octanol–water partition coefficient (Wildman–Crippen LogP) is 2.41. The predicted molar refractivity (Wildman–Crippen MR) is 90.6 cm³/mol. The summed E-state index contributed by atoms with van der Waals surface area (Å²) in [4.78, 5) is 42.8. The molecule has 0 spiro atoms. The van der Waals surface area contributed by atoms with Gasteiger partial charge >= 0.3 is 11.6 Å². The van der Waals surface area contributed by atoms with Crippen LogP contribution in [0.25, 0.3) is 10.9 Å². The average Bonchev–Trinajstić information content (AvgIpc) is 2.53. The number of aryl methyl sites for hydroxylation is 2. The fourth-order valence-electron chi connectivity index (χ4n) is 2.64. The number of aromatic nitrogens is 2. The number of fused-ring (bicyclic) bond motifs is 1. The van der Waals surface area contributed by atoms with Crippen LogP contribution in [0.5, 0.6) is 0 Å². The number of carbonyl (C=O) groups is 1. The van der Waals surface area contributed by atoms with Gasteiger partial charge in [0, 0.05) is 6.07 Å². The van der Waals surface area contributed by atoms with Gasteiger partial charge in [-0.1, -0.05) is 12.1 Å². The van der Waals surface area contributed by atoms with Gasteiger partial charge < -0.3 is 14.1 Å². The molecule has 0 fully saturated rings. The second-order valence-electron chi connectivity index (χ2n) is 5.70. The highest BCUT2D eigenvalue weighted by atomic mass is 16.5. The summed E-state index contributed by atoms with van der Waals surface area (Å²) in [6.07, 6.45) is -0.782. The summed E-state index contributed by atoms with van der Waals surface area (Å²) >= 11 is 0. The smallest absolute Gasteiger partial charge is 0.342 e. The SMILES string of the molecule is Cc1cc(=O)oc(C)c1C(=O)O[C@@H](C)c1nc2ccccc2c(=O)[nH]1. The van der Waals surface area contributed by atoms with Crippen molar-refractivity contribution in [2.45, 2.75) is 26.9 Å². The van der Waals surface area contributed by atoms with Crippen LogP contribution in [0.4, 0.5) is 0 Å². The van der Waals surface area contributed by atoms with Gasteiger partial charge in [-0.3, -0.25) is 4.79 Å². The van der Waals surface area contributed by atoms with Crippen LogP contribution in [0.15, 0.2) is 44.3 Å². The fourth-order valence-corrected chi connectivity index (χ4v) is 2.64. The summed E-state index contributed by atoms with van der Waals surface area (Å²) < 4.78 is 10.3. The normalized spacial score (nSPS) is 12.1. The monoisotopic (exact) mass is 340 g/mol. The summed E-state index contributed by atoms with van der Waals surface area (Å²) in [5.41, 5.74) is 0.337. The van der Waals surface area contributed by atoms with Gasteiger partial charge in [-0.25, -0.2) is 14.6 Å². The van der Waals surface area contributed by atoms with Crippen molar-refractivity contribution in [1.29, 1.82) is 0 Å². The summed E-state index contributed by atoms with van der Waals surface area (Å²) in [6.45, 7) is 4.75. The molecule has 25 heavy (non-hydrogen) atoms. The number of benzene rings is 1. The molecule has 0 saturated carbocycles. The van der Waals surface area contributed by atoms with E-state index >= 15 is 0 Å². The third-order valence-corrected chi connectivity index (χ3v) is 3.84. The molecule has 0 bridgehead atoms. The number of rotatable bonds is 3. The lowest BCUT2D eigenvalue weighted by Crippen LogP contribution is -2.19. The largest absolute Gasteiger partial charge is 0.451 e. The van der Waals surface area contributed by atoms with Gasteiger partial charge in [-0.05, 0) is 38.5 Å². The zero-order chi connectivity index (χ0) is 18.1. The molecule has 0 radical (unpaired) electrons. The van der Waals surface area contributed by atoms with E-state index in [-0.39, 0.29) is 22.7 Å². The number of para-hydroxylation sites is 1. The highest BCUT2D eigenvalue weighted by Gasteiger charge is 2.21. The van der Waals surface area contributed by atoms with Crippen molar-refractivity contribution in [1.82, 2.24) is 9.97 Å². The first-order valence-corrected chi connectivity index (χ1v) is 7.68. The summed E-state index contributed by atoms with van der Waals surface area (Å²) in [7, 11) is 0. The van der Waals surface area contributed by atoms with Crippen molar-refractivity contribution >= 4 is 16.9 Å².